The fourth-order valence-electron chi connectivity index (χ4n) is 2.07. The van der Waals surface area contributed by atoms with Crippen molar-refractivity contribution < 1.29 is 18.7 Å². The summed E-state index contributed by atoms with van der Waals surface area (Å²) in [6.07, 6.45) is 0. The molecule has 1 aliphatic heterocycles. The third-order valence-corrected chi connectivity index (χ3v) is 3.71. The van der Waals surface area contributed by atoms with Crippen molar-refractivity contribution in [3.8, 4) is 0 Å². The smallest absolute Gasteiger partial charge is 0.254 e. The SMILES string of the molecule is C[C@@H](NC(=O)c1ccc(Br)cc1F)C(=O)N1CCOCC1. The molecule has 0 bridgehead atoms. The molecule has 114 valence electrons. The highest BCUT2D eigenvalue weighted by Gasteiger charge is 2.24. The van der Waals surface area contributed by atoms with Gasteiger partial charge in [0.05, 0.1) is 18.8 Å². The Morgan fingerprint density at radius 1 is 1.38 bits per heavy atom. The normalized spacial score (nSPS) is 16.4. The molecule has 1 atom stereocenters. The predicted molar refractivity (Wildman–Crippen MR) is 78.4 cm³/mol. The fraction of sp³-hybridized carbons (Fsp3) is 0.429. The summed E-state index contributed by atoms with van der Waals surface area (Å²) in [5.74, 6) is -1.42. The van der Waals surface area contributed by atoms with Crippen molar-refractivity contribution in [3.63, 3.8) is 0 Å². The van der Waals surface area contributed by atoms with Crippen LogP contribution in [0.2, 0.25) is 0 Å². The zero-order chi connectivity index (χ0) is 15.4. The summed E-state index contributed by atoms with van der Waals surface area (Å²) in [7, 11) is 0. The Kier molecular flexibility index (Phi) is 5.30. The van der Waals surface area contributed by atoms with Gasteiger partial charge in [0, 0.05) is 17.6 Å². The number of rotatable bonds is 3. The number of ether oxygens (including phenoxy) is 1. The first-order valence-electron chi connectivity index (χ1n) is 6.61. The van der Waals surface area contributed by atoms with Gasteiger partial charge in [0.1, 0.15) is 11.9 Å². The number of nitrogens with one attached hydrogen (secondary N) is 1. The molecule has 1 aromatic carbocycles. The van der Waals surface area contributed by atoms with Crippen molar-refractivity contribution in [2.75, 3.05) is 26.3 Å². The molecule has 1 aliphatic rings. The topological polar surface area (TPSA) is 58.6 Å². The lowest BCUT2D eigenvalue weighted by molar-refractivity contribution is -0.136. The minimum atomic E-state index is -0.710. The zero-order valence-corrected chi connectivity index (χ0v) is 13.2. The molecular weight excluding hydrogens is 343 g/mol. The van der Waals surface area contributed by atoms with Gasteiger partial charge in [-0.3, -0.25) is 9.59 Å². The second-order valence-corrected chi connectivity index (χ2v) is 5.67. The first-order chi connectivity index (χ1) is 9.99. The lowest BCUT2D eigenvalue weighted by Gasteiger charge is -2.29. The Bertz CT molecular complexity index is 547. The maximum absolute atomic E-state index is 13.7. The molecule has 1 aromatic rings. The highest BCUT2D eigenvalue weighted by Crippen LogP contribution is 2.15. The number of halogens is 2. The Morgan fingerprint density at radius 2 is 2.05 bits per heavy atom. The molecule has 0 unspecified atom stereocenters. The van der Waals surface area contributed by atoms with Crippen LogP contribution in [0.25, 0.3) is 0 Å². The third kappa shape index (κ3) is 4.01. The molecule has 1 fully saturated rings. The number of hydrogen-bond acceptors (Lipinski definition) is 3. The van der Waals surface area contributed by atoms with Gasteiger partial charge in [-0.25, -0.2) is 4.39 Å². The van der Waals surface area contributed by atoms with Crippen LogP contribution in [0, 0.1) is 5.82 Å². The van der Waals surface area contributed by atoms with E-state index in [1.54, 1.807) is 17.9 Å². The Labute approximate surface area is 130 Å². The Hall–Kier alpha value is -1.47. The van der Waals surface area contributed by atoms with Crippen LogP contribution >= 0.6 is 15.9 Å². The predicted octanol–water partition coefficient (Wildman–Crippen LogP) is 1.57. The molecule has 1 N–H and O–H groups in total. The van der Waals surface area contributed by atoms with Crippen molar-refractivity contribution in [1.82, 2.24) is 10.2 Å². The van der Waals surface area contributed by atoms with E-state index in [4.69, 9.17) is 4.74 Å². The van der Waals surface area contributed by atoms with Crippen LogP contribution in [0.5, 0.6) is 0 Å². The molecule has 2 amide bonds. The Balaban J connectivity index is 1.99. The van der Waals surface area contributed by atoms with E-state index < -0.39 is 17.8 Å². The van der Waals surface area contributed by atoms with Crippen molar-refractivity contribution in [3.05, 3.63) is 34.1 Å². The molecule has 2 rings (SSSR count). The van der Waals surface area contributed by atoms with Crippen LogP contribution in [0.4, 0.5) is 4.39 Å². The maximum atomic E-state index is 13.7. The zero-order valence-electron chi connectivity index (χ0n) is 11.6. The summed E-state index contributed by atoms with van der Waals surface area (Å²) < 4.78 is 19.4. The van der Waals surface area contributed by atoms with E-state index in [1.165, 1.54) is 12.1 Å². The van der Waals surface area contributed by atoms with Gasteiger partial charge in [-0.1, -0.05) is 15.9 Å². The van der Waals surface area contributed by atoms with Gasteiger partial charge in [0.25, 0.3) is 5.91 Å². The molecule has 1 saturated heterocycles. The van der Waals surface area contributed by atoms with E-state index >= 15 is 0 Å². The van der Waals surface area contributed by atoms with Crippen LogP contribution in [0.15, 0.2) is 22.7 Å². The number of nitrogens with zero attached hydrogens (tertiary/aromatic N) is 1. The quantitative estimate of drug-likeness (QED) is 0.891. The fourth-order valence-corrected chi connectivity index (χ4v) is 2.40. The van der Waals surface area contributed by atoms with E-state index in [1.807, 2.05) is 0 Å². The summed E-state index contributed by atoms with van der Waals surface area (Å²) in [6.45, 7) is 3.59. The summed E-state index contributed by atoms with van der Waals surface area (Å²) in [6, 6.07) is 3.45. The molecular formula is C14H16BrFN2O3. The van der Waals surface area contributed by atoms with Crippen LogP contribution in [-0.4, -0.2) is 49.1 Å². The number of carbonyl (C=O) groups excluding carboxylic acids is 2. The average Bonchev–Trinajstić information content (AvgIpc) is 2.47. The van der Waals surface area contributed by atoms with Gasteiger partial charge in [-0.05, 0) is 25.1 Å². The summed E-state index contributed by atoms with van der Waals surface area (Å²) >= 11 is 3.13. The van der Waals surface area contributed by atoms with Crippen molar-refractivity contribution >= 4 is 27.7 Å². The third-order valence-electron chi connectivity index (χ3n) is 3.22. The molecule has 0 spiro atoms. The highest BCUT2D eigenvalue weighted by atomic mass is 79.9. The molecule has 0 saturated carbocycles. The first-order valence-corrected chi connectivity index (χ1v) is 7.41. The summed E-state index contributed by atoms with van der Waals surface area (Å²) in [5.41, 5.74) is -0.0835. The summed E-state index contributed by atoms with van der Waals surface area (Å²) in [4.78, 5) is 25.8. The minimum absolute atomic E-state index is 0.0835. The van der Waals surface area contributed by atoms with E-state index in [9.17, 15) is 14.0 Å². The van der Waals surface area contributed by atoms with Crippen LogP contribution < -0.4 is 5.32 Å². The van der Waals surface area contributed by atoms with Crippen LogP contribution in [-0.2, 0) is 9.53 Å². The van der Waals surface area contributed by atoms with Gasteiger partial charge in [-0.2, -0.15) is 0 Å². The maximum Gasteiger partial charge on any atom is 0.254 e. The molecule has 0 aromatic heterocycles. The second kappa shape index (κ2) is 7.00. The minimum Gasteiger partial charge on any atom is -0.378 e. The van der Waals surface area contributed by atoms with Crippen LogP contribution in [0.1, 0.15) is 17.3 Å². The molecule has 0 aliphatic carbocycles. The molecule has 1 heterocycles. The number of benzene rings is 1. The standard InChI is InChI=1S/C14H16BrFN2O3/c1-9(14(20)18-4-6-21-7-5-18)17-13(19)11-3-2-10(15)8-12(11)16/h2-3,8-9H,4-7H2,1H3,(H,17,19)/t9-/m1/s1. The lowest BCUT2D eigenvalue weighted by atomic mass is 10.1. The molecule has 0 radical (unpaired) electrons. The van der Waals surface area contributed by atoms with Gasteiger partial charge >= 0.3 is 0 Å². The average molecular weight is 359 g/mol. The van der Waals surface area contributed by atoms with Gasteiger partial charge in [0.2, 0.25) is 5.91 Å². The largest absolute Gasteiger partial charge is 0.378 e. The van der Waals surface area contributed by atoms with Crippen molar-refractivity contribution in [2.45, 2.75) is 13.0 Å². The Morgan fingerprint density at radius 3 is 2.67 bits per heavy atom. The van der Waals surface area contributed by atoms with E-state index in [2.05, 4.69) is 21.2 Å². The van der Waals surface area contributed by atoms with E-state index in [0.717, 1.165) is 0 Å². The van der Waals surface area contributed by atoms with Crippen molar-refractivity contribution in [2.24, 2.45) is 0 Å². The number of carbonyl (C=O) groups is 2. The number of morpholine rings is 1. The highest BCUT2D eigenvalue weighted by molar-refractivity contribution is 9.10. The second-order valence-electron chi connectivity index (χ2n) is 4.76. The monoisotopic (exact) mass is 358 g/mol. The lowest BCUT2D eigenvalue weighted by Crippen LogP contribution is -2.50. The molecule has 7 heteroatoms. The van der Waals surface area contributed by atoms with Gasteiger partial charge in [-0.15, -0.1) is 0 Å². The summed E-state index contributed by atoms with van der Waals surface area (Å²) in [5, 5.41) is 2.53. The number of hydrogen-bond donors (Lipinski definition) is 1. The van der Waals surface area contributed by atoms with Gasteiger partial charge in [0.15, 0.2) is 0 Å². The molecule has 5 nitrogen and oxygen atoms in total. The van der Waals surface area contributed by atoms with Gasteiger partial charge < -0.3 is 15.0 Å². The van der Waals surface area contributed by atoms with Crippen molar-refractivity contribution in [1.29, 1.82) is 0 Å². The first kappa shape index (κ1) is 15.9. The van der Waals surface area contributed by atoms with E-state index in [0.29, 0.717) is 30.8 Å². The van der Waals surface area contributed by atoms with Crippen LogP contribution in [0.3, 0.4) is 0 Å². The number of amides is 2. The van der Waals surface area contributed by atoms with E-state index in [-0.39, 0.29) is 11.5 Å². The molecule has 21 heavy (non-hydrogen) atoms.